The van der Waals surface area contributed by atoms with E-state index >= 15 is 0 Å². The lowest BCUT2D eigenvalue weighted by Crippen LogP contribution is -2.08. The number of hydrogen-bond donors (Lipinski definition) is 2. The van der Waals surface area contributed by atoms with E-state index in [0.717, 1.165) is 0 Å². The van der Waals surface area contributed by atoms with Gasteiger partial charge in [0.25, 0.3) is 0 Å². The van der Waals surface area contributed by atoms with E-state index in [2.05, 4.69) is 10.1 Å². The van der Waals surface area contributed by atoms with Crippen LogP contribution in [0, 0.1) is 5.82 Å². The van der Waals surface area contributed by atoms with E-state index in [-0.39, 0.29) is 11.6 Å². The number of carbonyl (C=O) groups excluding carboxylic acids is 2. The quantitative estimate of drug-likeness (QED) is 0.516. The lowest BCUT2D eigenvalue weighted by molar-refractivity contribution is -0.111. The van der Waals surface area contributed by atoms with Gasteiger partial charge in [-0.1, -0.05) is 6.07 Å². The Morgan fingerprint density at radius 3 is 2.48 bits per heavy atom. The first-order valence-corrected chi connectivity index (χ1v) is 6.72. The minimum absolute atomic E-state index is 0.0194. The van der Waals surface area contributed by atoms with Crippen LogP contribution in [0.4, 0.5) is 15.8 Å². The SMILES string of the molecule is COC(=O)c1ccc(NC(=O)/C=C/c2ccc(F)c(N)c2)cc1. The summed E-state index contributed by atoms with van der Waals surface area (Å²) in [5.41, 5.74) is 7.01. The molecule has 0 unspecified atom stereocenters. The van der Waals surface area contributed by atoms with Gasteiger partial charge in [0.1, 0.15) is 5.82 Å². The average molecular weight is 314 g/mol. The summed E-state index contributed by atoms with van der Waals surface area (Å²) < 4.78 is 17.6. The predicted molar refractivity (Wildman–Crippen MR) is 86.3 cm³/mol. The molecular weight excluding hydrogens is 299 g/mol. The minimum Gasteiger partial charge on any atom is -0.465 e. The Hall–Kier alpha value is -3.15. The molecule has 0 saturated heterocycles. The van der Waals surface area contributed by atoms with Crippen LogP contribution in [0.5, 0.6) is 0 Å². The molecular formula is C17H15FN2O3. The molecule has 0 radical (unpaired) electrons. The van der Waals surface area contributed by atoms with Crippen molar-refractivity contribution in [3.05, 3.63) is 65.5 Å². The van der Waals surface area contributed by atoms with E-state index < -0.39 is 11.8 Å². The van der Waals surface area contributed by atoms with Crippen molar-refractivity contribution in [2.75, 3.05) is 18.2 Å². The maximum atomic E-state index is 13.0. The van der Waals surface area contributed by atoms with Crippen LogP contribution in [0.1, 0.15) is 15.9 Å². The molecule has 0 fully saturated rings. The Morgan fingerprint density at radius 2 is 1.87 bits per heavy atom. The lowest BCUT2D eigenvalue weighted by Gasteiger charge is -2.04. The molecule has 0 heterocycles. The summed E-state index contributed by atoms with van der Waals surface area (Å²) in [6.45, 7) is 0. The molecule has 118 valence electrons. The van der Waals surface area contributed by atoms with Crippen LogP contribution in [0.2, 0.25) is 0 Å². The number of methoxy groups -OCH3 is 1. The molecule has 0 aromatic heterocycles. The van der Waals surface area contributed by atoms with E-state index in [1.807, 2.05) is 0 Å². The molecule has 6 heteroatoms. The van der Waals surface area contributed by atoms with Crippen molar-refractivity contribution in [3.8, 4) is 0 Å². The number of hydrogen-bond acceptors (Lipinski definition) is 4. The summed E-state index contributed by atoms with van der Waals surface area (Å²) in [4.78, 5) is 23.1. The minimum atomic E-state index is -0.503. The molecule has 0 bridgehead atoms. The highest BCUT2D eigenvalue weighted by atomic mass is 19.1. The lowest BCUT2D eigenvalue weighted by atomic mass is 10.2. The Kier molecular flexibility index (Phi) is 5.09. The molecule has 0 aliphatic carbocycles. The molecule has 5 nitrogen and oxygen atoms in total. The second-order valence-corrected chi connectivity index (χ2v) is 4.67. The summed E-state index contributed by atoms with van der Waals surface area (Å²) in [6.07, 6.45) is 2.83. The molecule has 2 rings (SSSR count). The zero-order valence-corrected chi connectivity index (χ0v) is 12.4. The number of rotatable bonds is 4. The van der Waals surface area contributed by atoms with Gasteiger partial charge in [0, 0.05) is 11.8 Å². The number of amides is 1. The van der Waals surface area contributed by atoms with Crippen molar-refractivity contribution in [3.63, 3.8) is 0 Å². The first kappa shape index (κ1) is 16.2. The average Bonchev–Trinajstić information content (AvgIpc) is 2.56. The van der Waals surface area contributed by atoms with Crippen LogP contribution in [-0.4, -0.2) is 19.0 Å². The van der Waals surface area contributed by atoms with Crippen molar-refractivity contribution >= 4 is 29.3 Å². The largest absolute Gasteiger partial charge is 0.465 e. The maximum absolute atomic E-state index is 13.0. The van der Waals surface area contributed by atoms with Gasteiger partial charge in [0.2, 0.25) is 5.91 Å². The number of esters is 1. The monoisotopic (exact) mass is 314 g/mol. The Labute approximate surface area is 132 Å². The Morgan fingerprint density at radius 1 is 1.17 bits per heavy atom. The van der Waals surface area contributed by atoms with Gasteiger partial charge in [-0.3, -0.25) is 4.79 Å². The van der Waals surface area contributed by atoms with Gasteiger partial charge in [-0.15, -0.1) is 0 Å². The number of nitrogens with one attached hydrogen (secondary N) is 1. The standard InChI is InChI=1S/C17H15FN2O3/c1-23-17(22)12-4-6-13(7-5-12)20-16(21)9-3-11-2-8-14(18)15(19)10-11/h2-10H,19H2,1H3,(H,20,21)/b9-3+. The zero-order valence-electron chi connectivity index (χ0n) is 12.4. The third-order valence-corrected chi connectivity index (χ3v) is 3.02. The Balaban J connectivity index is 2.00. The third-order valence-electron chi connectivity index (χ3n) is 3.02. The number of nitrogen functional groups attached to an aromatic ring is 1. The smallest absolute Gasteiger partial charge is 0.337 e. The fraction of sp³-hybridized carbons (Fsp3) is 0.0588. The van der Waals surface area contributed by atoms with Gasteiger partial charge in [0.15, 0.2) is 0 Å². The highest BCUT2D eigenvalue weighted by Gasteiger charge is 2.05. The van der Waals surface area contributed by atoms with Crippen LogP contribution < -0.4 is 11.1 Å². The molecule has 0 spiro atoms. The number of carbonyl (C=O) groups is 2. The molecule has 2 aromatic rings. The molecule has 0 aliphatic heterocycles. The summed E-state index contributed by atoms with van der Waals surface area (Å²) >= 11 is 0. The molecule has 23 heavy (non-hydrogen) atoms. The fourth-order valence-electron chi connectivity index (χ4n) is 1.83. The van der Waals surface area contributed by atoms with Gasteiger partial charge in [-0.25, -0.2) is 9.18 Å². The van der Waals surface area contributed by atoms with E-state index in [9.17, 15) is 14.0 Å². The van der Waals surface area contributed by atoms with Crippen LogP contribution in [0.3, 0.4) is 0 Å². The van der Waals surface area contributed by atoms with Crippen molar-refractivity contribution in [2.45, 2.75) is 0 Å². The maximum Gasteiger partial charge on any atom is 0.337 e. The van der Waals surface area contributed by atoms with Crippen molar-refractivity contribution in [2.24, 2.45) is 0 Å². The second-order valence-electron chi connectivity index (χ2n) is 4.67. The van der Waals surface area contributed by atoms with Gasteiger partial charge in [0.05, 0.1) is 18.4 Å². The summed E-state index contributed by atoms with van der Waals surface area (Å²) in [5.74, 6) is -1.31. The van der Waals surface area contributed by atoms with Gasteiger partial charge < -0.3 is 15.8 Å². The zero-order chi connectivity index (χ0) is 16.8. The van der Waals surface area contributed by atoms with E-state index in [1.165, 1.54) is 37.5 Å². The van der Waals surface area contributed by atoms with Gasteiger partial charge in [-0.2, -0.15) is 0 Å². The summed E-state index contributed by atoms with van der Waals surface area (Å²) in [5, 5.41) is 2.64. The highest BCUT2D eigenvalue weighted by Crippen LogP contribution is 2.14. The summed E-state index contributed by atoms with van der Waals surface area (Å²) in [6, 6.07) is 10.5. The fourth-order valence-corrected chi connectivity index (χ4v) is 1.83. The van der Waals surface area contributed by atoms with Crippen LogP contribution in [-0.2, 0) is 9.53 Å². The van der Waals surface area contributed by atoms with Gasteiger partial charge in [-0.05, 0) is 48.0 Å². The number of ether oxygens (including phenoxy) is 1. The number of benzene rings is 2. The second kappa shape index (κ2) is 7.22. The highest BCUT2D eigenvalue weighted by molar-refractivity contribution is 6.02. The number of nitrogens with two attached hydrogens (primary N) is 1. The Bertz CT molecular complexity index is 755. The first-order chi connectivity index (χ1) is 11.0. The van der Waals surface area contributed by atoms with Crippen molar-refractivity contribution < 1.29 is 18.7 Å². The molecule has 3 N–H and O–H groups in total. The van der Waals surface area contributed by atoms with Crippen LogP contribution in [0.25, 0.3) is 6.08 Å². The summed E-state index contributed by atoms with van der Waals surface area (Å²) in [7, 11) is 1.30. The third kappa shape index (κ3) is 4.41. The van der Waals surface area contributed by atoms with Crippen LogP contribution in [0.15, 0.2) is 48.5 Å². The molecule has 2 aromatic carbocycles. The van der Waals surface area contributed by atoms with E-state index in [0.29, 0.717) is 16.8 Å². The normalized spacial score (nSPS) is 10.5. The van der Waals surface area contributed by atoms with Gasteiger partial charge >= 0.3 is 5.97 Å². The van der Waals surface area contributed by atoms with Crippen molar-refractivity contribution in [1.29, 1.82) is 0 Å². The molecule has 1 amide bonds. The molecule has 0 saturated carbocycles. The van der Waals surface area contributed by atoms with Crippen LogP contribution >= 0.6 is 0 Å². The number of halogens is 1. The topological polar surface area (TPSA) is 81.4 Å². The van der Waals surface area contributed by atoms with E-state index in [1.54, 1.807) is 24.3 Å². The molecule has 0 aliphatic rings. The molecule has 0 atom stereocenters. The number of anilines is 2. The van der Waals surface area contributed by atoms with Crippen molar-refractivity contribution in [1.82, 2.24) is 0 Å². The first-order valence-electron chi connectivity index (χ1n) is 6.72. The van der Waals surface area contributed by atoms with E-state index in [4.69, 9.17) is 5.73 Å². The predicted octanol–water partition coefficient (Wildman–Crippen LogP) is 2.85.